The monoisotopic (exact) mass is 383 g/mol. The highest BCUT2D eigenvalue weighted by Crippen LogP contribution is 2.15. The van der Waals surface area contributed by atoms with Crippen LogP contribution < -0.4 is 5.32 Å². The number of hydrogen-bond donors (Lipinski definition) is 1. The summed E-state index contributed by atoms with van der Waals surface area (Å²) >= 11 is 0. The summed E-state index contributed by atoms with van der Waals surface area (Å²) in [6.07, 6.45) is 1.48. The Morgan fingerprint density at radius 3 is 2.57 bits per heavy atom. The lowest BCUT2D eigenvalue weighted by molar-refractivity contribution is -0.128. The van der Waals surface area contributed by atoms with Gasteiger partial charge in [-0.25, -0.2) is 4.39 Å². The quantitative estimate of drug-likeness (QED) is 0.834. The maximum Gasteiger partial charge on any atom is 0.254 e. The number of nitrogens with zero attached hydrogens (tertiary/aromatic N) is 2. The number of hydrogen-bond acceptors (Lipinski definition) is 3. The van der Waals surface area contributed by atoms with Crippen molar-refractivity contribution in [3.05, 3.63) is 65.5 Å². The third-order valence-electron chi connectivity index (χ3n) is 4.58. The molecule has 1 N–H and O–H groups in total. The van der Waals surface area contributed by atoms with Crippen LogP contribution >= 0.6 is 0 Å². The Kier molecular flexibility index (Phi) is 6.03. The zero-order valence-electron chi connectivity index (χ0n) is 15.7. The van der Waals surface area contributed by atoms with Gasteiger partial charge in [-0.15, -0.1) is 0 Å². The maximum absolute atomic E-state index is 13.2. The van der Waals surface area contributed by atoms with Gasteiger partial charge in [0.2, 0.25) is 11.8 Å². The first-order valence-corrected chi connectivity index (χ1v) is 9.10. The third-order valence-corrected chi connectivity index (χ3v) is 4.58. The zero-order chi connectivity index (χ0) is 20.1. The van der Waals surface area contributed by atoms with Crippen molar-refractivity contribution in [2.45, 2.75) is 19.4 Å². The van der Waals surface area contributed by atoms with Gasteiger partial charge in [0.1, 0.15) is 5.82 Å². The van der Waals surface area contributed by atoms with Crippen LogP contribution in [0.1, 0.15) is 28.8 Å². The molecule has 3 rings (SSSR count). The molecule has 0 radical (unpaired) electrons. The number of carbonyl (C=O) groups excluding carboxylic acids is 3. The topological polar surface area (TPSA) is 69.7 Å². The minimum atomic E-state index is -0.446. The van der Waals surface area contributed by atoms with Gasteiger partial charge in [0.15, 0.2) is 0 Å². The molecule has 28 heavy (non-hydrogen) atoms. The van der Waals surface area contributed by atoms with Crippen LogP contribution in [0.3, 0.4) is 0 Å². The first-order chi connectivity index (χ1) is 13.4. The normalized spacial score (nSPS) is 13.5. The van der Waals surface area contributed by atoms with Gasteiger partial charge in [0.05, 0.1) is 6.54 Å². The summed E-state index contributed by atoms with van der Waals surface area (Å²) in [6.45, 7) is 1.15. The molecule has 1 heterocycles. The van der Waals surface area contributed by atoms with Crippen LogP contribution in [-0.2, 0) is 16.1 Å². The van der Waals surface area contributed by atoms with E-state index >= 15 is 0 Å². The fourth-order valence-electron chi connectivity index (χ4n) is 3.12. The molecule has 1 aliphatic heterocycles. The minimum absolute atomic E-state index is 0.153. The van der Waals surface area contributed by atoms with Crippen molar-refractivity contribution in [1.29, 1.82) is 0 Å². The molecule has 0 bridgehead atoms. The fraction of sp³-hybridized carbons (Fsp3) is 0.286. The molecule has 1 fully saturated rings. The molecule has 0 spiro atoms. The van der Waals surface area contributed by atoms with E-state index in [2.05, 4.69) is 5.32 Å². The zero-order valence-corrected chi connectivity index (χ0v) is 15.7. The number of anilines is 1. The molecule has 0 aromatic heterocycles. The van der Waals surface area contributed by atoms with Gasteiger partial charge in [0, 0.05) is 37.8 Å². The van der Waals surface area contributed by atoms with E-state index in [0.29, 0.717) is 24.2 Å². The second-order valence-electron chi connectivity index (χ2n) is 6.84. The predicted molar refractivity (Wildman–Crippen MR) is 103 cm³/mol. The van der Waals surface area contributed by atoms with Crippen LogP contribution in [-0.4, -0.2) is 47.7 Å². The fourth-order valence-corrected chi connectivity index (χ4v) is 3.12. The van der Waals surface area contributed by atoms with Gasteiger partial charge in [-0.1, -0.05) is 18.2 Å². The molecule has 3 amide bonds. The lowest BCUT2D eigenvalue weighted by Crippen LogP contribution is -2.35. The molecular weight excluding hydrogens is 361 g/mol. The summed E-state index contributed by atoms with van der Waals surface area (Å²) in [5, 5.41) is 2.56. The molecule has 146 valence electrons. The van der Waals surface area contributed by atoms with Gasteiger partial charge in [-0.05, 0) is 42.3 Å². The second kappa shape index (κ2) is 8.65. The van der Waals surface area contributed by atoms with E-state index in [4.69, 9.17) is 0 Å². The number of likely N-dealkylation sites (tertiary alicyclic amines) is 1. The molecule has 7 heteroatoms. The van der Waals surface area contributed by atoms with E-state index in [-0.39, 0.29) is 18.4 Å². The Labute approximate surface area is 162 Å². The van der Waals surface area contributed by atoms with Crippen molar-refractivity contribution < 1.29 is 18.8 Å². The van der Waals surface area contributed by atoms with E-state index in [1.165, 1.54) is 30.1 Å². The average Bonchev–Trinajstić information content (AvgIpc) is 3.06. The molecule has 0 atom stereocenters. The molecule has 0 aliphatic carbocycles. The summed E-state index contributed by atoms with van der Waals surface area (Å²) in [5.74, 6) is -0.994. The Bertz CT molecular complexity index is 883. The Morgan fingerprint density at radius 1 is 1.18 bits per heavy atom. The summed E-state index contributed by atoms with van der Waals surface area (Å²) in [5.41, 5.74) is 1.75. The second-order valence-corrected chi connectivity index (χ2v) is 6.84. The first kappa shape index (κ1) is 19.5. The summed E-state index contributed by atoms with van der Waals surface area (Å²) < 4.78 is 13.2. The highest BCUT2D eigenvalue weighted by molar-refractivity contribution is 5.99. The van der Waals surface area contributed by atoms with Crippen LogP contribution in [0.5, 0.6) is 0 Å². The molecule has 2 aromatic carbocycles. The van der Waals surface area contributed by atoms with Gasteiger partial charge in [-0.3, -0.25) is 14.4 Å². The number of rotatable bonds is 6. The van der Waals surface area contributed by atoms with Crippen molar-refractivity contribution in [2.24, 2.45) is 0 Å². The van der Waals surface area contributed by atoms with Crippen LogP contribution in [0, 0.1) is 5.82 Å². The molecule has 6 nitrogen and oxygen atoms in total. The largest absolute Gasteiger partial charge is 0.338 e. The van der Waals surface area contributed by atoms with Crippen LogP contribution in [0.4, 0.5) is 10.1 Å². The number of halogens is 1. The van der Waals surface area contributed by atoms with Gasteiger partial charge >= 0.3 is 0 Å². The van der Waals surface area contributed by atoms with E-state index in [9.17, 15) is 18.8 Å². The number of amides is 3. The Hall–Kier alpha value is -3.22. The van der Waals surface area contributed by atoms with Gasteiger partial charge in [-0.2, -0.15) is 0 Å². The lowest BCUT2D eigenvalue weighted by Gasteiger charge is -2.18. The number of nitrogens with one attached hydrogen (secondary N) is 1. The van der Waals surface area contributed by atoms with Crippen molar-refractivity contribution in [2.75, 3.05) is 25.5 Å². The van der Waals surface area contributed by atoms with Gasteiger partial charge < -0.3 is 15.1 Å². The highest BCUT2D eigenvalue weighted by Gasteiger charge is 2.20. The van der Waals surface area contributed by atoms with Crippen molar-refractivity contribution in [3.8, 4) is 0 Å². The molecule has 0 unspecified atom stereocenters. The lowest BCUT2D eigenvalue weighted by atomic mass is 10.1. The summed E-state index contributed by atoms with van der Waals surface area (Å²) in [7, 11) is 1.53. The Balaban J connectivity index is 1.55. The average molecular weight is 383 g/mol. The highest BCUT2D eigenvalue weighted by atomic mass is 19.1. The molecule has 0 saturated carbocycles. The van der Waals surface area contributed by atoms with Crippen molar-refractivity contribution in [3.63, 3.8) is 0 Å². The number of likely N-dealkylation sites (N-methyl/N-ethyl adjacent to an activating group) is 1. The van der Waals surface area contributed by atoms with Crippen molar-refractivity contribution >= 4 is 23.4 Å². The third kappa shape index (κ3) is 4.94. The first-order valence-electron chi connectivity index (χ1n) is 9.10. The summed E-state index contributed by atoms with van der Waals surface area (Å²) in [4.78, 5) is 39.4. The smallest absolute Gasteiger partial charge is 0.254 e. The predicted octanol–water partition coefficient (Wildman–Crippen LogP) is 2.66. The van der Waals surface area contributed by atoms with E-state index in [0.717, 1.165) is 18.5 Å². The Morgan fingerprint density at radius 2 is 1.93 bits per heavy atom. The van der Waals surface area contributed by atoms with E-state index < -0.39 is 11.7 Å². The van der Waals surface area contributed by atoms with Crippen LogP contribution in [0.2, 0.25) is 0 Å². The number of benzene rings is 2. The van der Waals surface area contributed by atoms with Crippen molar-refractivity contribution in [1.82, 2.24) is 9.80 Å². The maximum atomic E-state index is 13.2. The molecule has 1 saturated heterocycles. The standard InChI is InChI=1S/C21H22FN3O3/c1-24(14-19(26)23-18-5-2-4-17(22)12-18)21(28)16-9-7-15(8-10-16)13-25-11-3-6-20(25)27/h2,4-5,7-10,12H,3,6,11,13-14H2,1H3,(H,23,26). The van der Waals surface area contributed by atoms with Gasteiger partial charge in [0.25, 0.3) is 5.91 Å². The van der Waals surface area contributed by atoms with Crippen LogP contribution in [0.15, 0.2) is 48.5 Å². The van der Waals surface area contributed by atoms with E-state index in [1.807, 2.05) is 12.1 Å². The molecular formula is C21H22FN3O3. The SMILES string of the molecule is CN(CC(=O)Nc1cccc(F)c1)C(=O)c1ccc(CN2CCCC2=O)cc1. The minimum Gasteiger partial charge on any atom is -0.338 e. The molecule has 1 aliphatic rings. The number of carbonyl (C=O) groups is 3. The molecule has 2 aromatic rings. The summed E-state index contributed by atoms with van der Waals surface area (Å²) in [6, 6.07) is 12.6. The van der Waals surface area contributed by atoms with Crippen LogP contribution in [0.25, 0.3) is 0 Å². The van der Waals surface area contributed by atoms with E-state index in [1.54, 1.807) is 23.1 Å².